The lowest BCUT2D eigenvalue weighted by Gasteiger charge is -2.27. The number of piperazine rings is 1. The summed E-state index contributed by atoms with van der Waals surface area (Å²) in [6, 6.07) is 0. The molecule has 0 unspecified atom stereocenters. The predicted molar refractivity (Wildman–Crippen MR) is 84.1 cm³/mol. The maximum atomic E-state index is 11.8. The van der Waals surface area contributed by atoms with Crippen LogP contribution >= 0.6 is 0 Å². The van der Waals surface area contributed by atoms with Crippen LogP contribution in [0, 0.1) is 0 Å². The van der Waals surface area contributed by atoms with Crippen molar-refractivity contribution in [3.05, 3.63) is 0 Å². The monoisotopic (exact) mass is 298 g/mol. The topological polar surface area (TPSA) is 64.7 Å². The minimum absolute atomic E-state index is 0.0532. The van der Waals surface area contributed by atoms with Crippen LogP contribution in [-0.4, -0.2) is 74.0 Å². The molecule has 0 atom stereocenters. The number of carbonyl (C=O) groups is 2. The molecule has 0 aromatic carbocycles. The molecule has 0 saturated carbocycles. The van der Waals surface area contributed by atoms with Crippen LogP contribution in [0.2, 0.25) is 0 Å². The molecule has 0 aliphatic carbocycles. The van der Waals surface area contributed by atoms with Crippen LogP contribution < -0.4 is 10.6 Å². The number of hydrogen-bond donors (Lipinski definition) is 2. The van der Waals surface area contributed by atoms with Crippen molar-refractivity contribution in [2.75, 3.05) is 52.4 Å². The van der Waals surface area contributed by atoms with Gasteiger partial charge in [0.2, 0.25) is 11.8 Å². The van der Waals surface area contributed by atoms with Crippen LogP contribution in [0.25, 0.3) is 0 Å². The Bertz CT molecular complexity index is 313. The number of amides is 2. The number of nitrogens with one attached hydrogen (secondary N) is 2. The van der Waals surface area contributed by atoms with E-state index >= 15 is 0 Å². The maximum absolute atomic E-state index is 11.8. The summed E-state index contributed by atoms with van der Waals surface area (Å²) in [6.07, 6.45) is 1.54. The lowest BCUT2D eigenvalue weighted by atomic mass is 10.2. The highest BCUT2D eigenvalue weighted by Crippen LogP contribution is 2.01. The van der Waals surface area contributed by atoms with E-state index in [1.54, 1.807) is 0 Å². The van der Waals surface area contributed by atoms with Gasteiger partial charge in [-0.2, -0.15) is 0 Å². The second-order valence-electron chi connectivity index (χ2n) is 5.36. The van der Waals surface area contributed by atoms with E-state index in [1.165, 1.54) is 0 Å². The Kier molecular flexibility index (Phi) is 9.01. The van der Waals surface area contributed by atoms with Crippen molar-refractivity contribution >= 4 is 11.8 Å². The molecule has 122 valence electrons. The Labute approximate surface area is 128 Å². The standard InChI is InChI=1S/C15H30N4O2/c1-3-19(4-2)15(21)7-5-6-14(20)17-10-13-18-11-8-16-9-12-18/h16H,3-13H2,1-2H3,(H,17,20). The molecule has 2 N–H and O–H groups in total. The van der Waals surface area contributed by atoms with Crippen LogP contribution in [0.3, 0.4) is 0 Å². The van der Waals surface area contributed by atoms with Gasteiger partial charge in [-0.05, 0) is 20.3 Å². The summed E-state index contributed by atoms with van der Waals surface area (Å²) in [6.45, 7) is 11.2. The lowest BCUT2D eigenvalue weighted by molar-refractivity contribution is -0.131. The van der Waals surface area contributed by atoms with E-state index in [9.17, 15) is 9.59 Å². The van der Waals surface area contributed by atoms with Gasteiger partial charge in [0.15, 0.2) is 0 Å². The molecule has 2 amide bonds. The number of rotatable bonds is 9. The SMILES string of the molecule is CCN(CC)C(=O)CCCC(=O)NCCN1CCNCC1. The second-order valence-corrected chi connectivity index (χ2v) is 5.36. The van der Waals surface area contributed by atoms with Crippen molar-refractivity contribution in [1.82, 2.24) is 20.4 Å². The quantitative estimate of drug-likeness (QED) is 0.631. The van der Waals surface area contributed by atoms with Gasteiger partial charge in [0.05, 0.1) is 0 Å². The van der Waals surface area contributed by atoms with Gasteiger partial charge >= 0.3 is 0 Å². The molecule has 1 aliphatic heterocycles. The van der Waals surface area contributed by atoms with Gasteiger partial charge < -0.3 is 15.5 Å². The predicted octanol–water partition coefficient (Wildman–Crippen LogP) is 0.0465. The Hall–Kier alpha value is -1.14. The van der Waals surface area contributed by atoms with E-state index in [2.05, 4.69) is 15.5 Å². The molecule has 0 aromatic rings. The van der Waals surface area contributed by atoms with Gasteiger partial charge in [-0.1, -0.05) is 0 Å². The van der Waals surface area contributed by atoms with Gasteiger partial charge in [0.25, 0.3) is 0 Å². The third-order valence-corrected chi connectivity index (χ3v) is 3.87. The van der Waals surface area contributed by atoms with Crippen molar-refractivity contribution in [3.8, 4) is 0 Å². The summed E-state index contributed by atoms with van der Waals surface area (Å²) in [4.78, 5) is 27.7. The zero-order valence-corrected chi connectivity index (χ0v) is 13.5. The first kappa shape index (κ1) is 17.9. The molecular formula is C15H30N4O2. The number of carbonyl (C=O) groups excluding carboxylic acids is 2. The fourth-order valence-corrected chi connectivity index (χ4v) is 2.51. The molecule has 0 aromatic heterocycles. The highest BCUT2D eigenvalue weighted by molar-refractivity contribution is 5.78. The smallest absolute Gasteiger partial charge is 0.222 e. The summed E-state index contributed by atoms with van der Waals surface area (Å²) in [5.74, 6) is 0.200. The molecule has 6 heteroatoms. The van der Waals surface area contributed by atoms with Crippen molar-refractivity contribution in [1.29, 1.82) is 0 Å². The first-order valence-electron chi connectivity index (χ1n) is 8.14. The van der Waals surface area contributed by atoms with E-state index in [0.717, 1.165) is 45.8 Å². The Balaban J connectivity index is 2.04. The molecule has 1 fully saturated rings. The molecule has 21 heavy (non-hydrogen) atoms. The molecule has 0 spiro atoms. The summed E-state index contributed by atoms with van der Waals surface area (Å²) >= 11 is 0. The van der Waals surface area contributed by atoms with Crippen LogP contribution in [0.15, 0.2) is 0 Å². The number of hydrogen-bond acceptors (Lipinski definition) is 4. The summed E-state index contributed by atoms with van der Waals surface area (Å²) in [5.41, 5.74) is 0. The average Bonchev–Trinajstić information content (AvgIpc) is 2.49. The molecule has 1 heterocycles. The largest absolute Gasteiger partial charge is 0.355 e. The van der Waals surface area contributed by atoms with E-state index < -0.39 is 0 Å². The van der Waals surface area contributed by atoms with Crippen LogP contribution in [0.4, 0.5) is 0 Å². The zero-order chi connectivity index (χ0) is 15.5. The lowest BCUT2D eigenvalue weighted by Crippen LogP contribution is -2.46. The van der Waals surface area contributed by atoms with E-state index in [-0.39, 0.29) is 11.8 Å². The first-order valence-corrected chi connectivity index (χ1v) is 8.14. The Morgan fingerprint density at radius 3 is 2.43 bits per heavy atom. The van der Waals surface area contributed by atoms with Gasteiger partial charge in [0, 0.05) is 65.2 Å². The third-order valence-electron chi connectivity index (χ3n) is 3.87. The summed E-state index contributed by atoms with van der Waals surface area (Å²) < 4.78 is 0. The maximum Gasteiger partial charge on any atom is 0.222 e. The fourth-order valence-electron chi connectivity index (χ4n) is 2.51. The van der Waals surface area contributed by atoms with Crippen LogP contribution in [0.5, 0.6) is 0 Å². The van der Waals surface area contributed by atoms with E-state index in [1.807, 2.05) is 18.7 Å². The highest BCUT2D eigenvalue weighted by Gasteiger charge is 2.11. The van der Waals surface area contributed by atoms with Crippen molar-refractivity contribution in [2.24, 2.45) is 0 Å². The van der Waals surface area contributed by atoms with Gasteiger partial charge in [0.1, 0.15) is 0 Å². The Morgan fingerprint density at radius 2 is 1.81 bits per heavy atom. The highest BCUT2D eigenvalue weighted by atomic mass is 16.2. The van der Waals surface area contributed by atoms with Gasteiger partial charge in [-0.15, -0.1) is 0 Å². The van der Waals surface area contributed by atoms with Gasteiger partial charge in [-0.3, -0.25) is 14.5 Å². The molecular weight excluding hydrogens is 268 g/mol. The average molecular weight is 298 g/mol. The second kappa shape index (κ2) is 10.6. The van der Waals surface area contributed by atoms with Gasteiger partial charge in [-0.25, -0.2) is 0 Å². The Morgan fingerprint density at radius 1 is 1.14 bits per heavy atom. The molecule has 1 saturated heterocycles. The van der Waals surface area contributed by atoms with Crippen molar-refractivity contribution < 1.29 is 9.59 Å². The molecule has 0 radical (unpaired) electrons. The fraction of sp³-hybridized carbons (Fsp3) is 0.867. The minimum atomic E-state index is 0.0532. The normalized spacial score (nSPS) is 15.7. The van der Waals surface area contributed by atoms with Crippen molar-refractivity contribution in [2.45, 2.75) is 33.1 Å². The summed E-state index contributed by atoms with van der Waals surface area (Å²) in [7, 11) is 0. The van der Waals surface area contributed by atoms with E-state index in [0.29, 0.717) is 25.8 Å². The van der Waals surface area contributed by atoms with Crippen molar-refractivity contribution in [3.63, 3.8) is 0 Å². The van der Waals surface area contributed by atoms with Crippen LogP contribution in [-0.2, 0) is 9.59 Å². The number of nitrogens with zero attached hydrogens (tertiary/aromatic N) is 2. The minimum Gasteiger partial charge on any atom is -0.355 e. The van der Waals surface area contributed by atoms with Crippen LogP contribution in [0.1, 0.15) is 33.1 Å². The molecule has 0 bridgehead atoms. The first-order chi connectivity index (χ1) is 10.2. The third kappa shape index (κ3) is 7.43. The molecule has 1 aliphatic rings. The summed E-state index contributed by atoms with van der Waals surface area (Å²) in [5, 5.41) is 6.24. The van der Waals surface area contributed by atoms with E-state index in [4.69, 9.17) is 0 Å². The molecule has 1 rings (SSSR count). The zero-order valence-electron chi connectivity index (χ0n) is 13.5. The molecule has 6 nitrogen and oxygen atoms in total.